The fourth-order valence-corrected chi connectivity index (χ4v) is 1.95. The molecule has 116 valence electrons. The van der Waals surface area contributed by atoms with Crippen LogP contribution in [0.5, 0.6) is 5.75 Å². The molecule has 0 radical (unpaired) electrons. The van der Waals surface area contributed by atoms with Gasteiger partial charge in [-0.15, -0.1) is 0 Å². The Kier molecular flexibility index (Phi) is 4.49. The van der Waals surface area contributed by atoms with Crippen LogP contribution < -0.4 is 5.32 Å². The lowest BCUT2D eigenvalue weighted by molar-refractivity contribution is 0.0693. The van der Waals surface area contributed by atoms with Gasteiger partial charge in [0.15, 0.2) is 0 Å². The number of azide groups is 1. The molecule has 0 spiro atoms. The average molecular weight is 312 g/mol. The summed E-state index contributed by atoms with van der Waals surface area (Å²) in [5.74, 6) is -2.14. The smallest absolute Gasteiger partial charge is 0.339 e. The number of anilines is 1. The van der Waals surface area contributed by atoms with Gasteiger partial charge in [0.2, 0.25) is 0 Å². The predicted octanol–water partition coefficient (Wildman–Crippen LogP) is 3.59. The Bertz CT molecular complexity index is 841. The number of phenols is 1. The van der Waals surface area contributed by atoms with Crippen molar-refractivity contribution < 1.29 is 19.8 Å². The summed E-state index contributed by atoms with van der Waals surface area (Å²) >= 11 is 0. The zero-order valence-corrected chi connectivity index (χ0v) is 12.0. The van der Waals surface area contributed by atoms with Crippen LogP contribution in [0.15, 0.2) is 41.5 Å². The summed E-state index contributed by atoms with van der Waals surface area (Å²) in [7, 11) is 0. The normalized spacial score (nSPS) is 9.78. The molecule has 8 nitrogen and oxygen atoms in total. The third kappa shape index (κ3) is 3.58. The first-order chi connectivity index (χ1) is 10.9. The molecule has 0 bridgehead atoms. The minimum absolute atomic E-state index is 0.238. The van der Waals surface area contributed by atoms with E-state index < -0.39 is 11.9 Å². The van der Waals surface area contributed by atoms with Gasteiger partial charge in [-0.2, -0.15) is 0 Å². The number of nitrogens with zero attached hydrogens (tertiary/aromatic N) is 3. The molecule has 0 saturated heterocycles. The van der Waals surface area contributed by atoms with Crippen LogP contribution in [-0.2, 0) is 0 Å². The van der Waals surface area contributed by atoms with Gasteiger partial charge in [0.05, 0.1) is 0 Å². The number of nitrogens with one attached hydrogen (secondary N) is 1. The maximum Gasteiger partial charge on any atom is 0.339 e. The van der Waals surface area contributed by atoms with Crippen molar-refractivity contribution in [3.8, 4) is 5.75 Å². The molecular formula is C15H12N4O4. The molecule has 2 aromatic carbocycles. The highest BCUT2D eigenvalue weighted by Crippen LogP contribution is 2.23. The SMILES string of the molecule is Cc1cc(C(=O)Nc2ccc(O)c(C(=O)O)c2)ccc1N=[N+]=[N-]. The number of hydrogen-bond donors (Lipinski definition) is 3. The van der Waals surface area contributed by atoms with Gasteiger partial charge in [-0.1, -0.05) is 11.2 Å². The van der Waals surface area contributed by atoms with Crippen molar-refractivity contribution in [3.05, 3.63) is 63.5 Å². The number of aromatic carboxylic acids is 1. The Balaban J connectivity index is 2.25. The van der Waals surface area contributed by atoms with E-state index in [0.717, 1.165) is 6.07 Å². The first-order valence-corrected chi connectivity index (χ1v) is 6.46. The summed E-state index contributed by atoms with van der Waals surface area (Å²) < 4.78 is 0. The molecule has 0 heterocycles. The van der Waals surface area contributed by atoms with Crippen LogP contribution in [0, 0.1) is 6.92 Å². The lowest BCUT2D eigenvalue weighted by atomic mass is 10.1. The fourth-order valence-electron chi connectivity index (χ4n) is 1.95. The monoisotopic (exact) mass is 312 g/mol. The Morgan fingerprint density at radius 1 is 1.22 bits per heavy atom. The van der Waals surface area contributed by atoms with E-state index in [-0.39, 0.29) is 17.0 Å². The first kappa shape index (κ1) is 15.9. The molecule has 2 rings (SSSR count). The van der Waals surface area contributed by atoms with Gasteiger partial charge in [0.25, 0.3) is 5.91 Å². The molecule has 0 aliphatic carbocycles. The summed E-state index contributed by atoms with van der Waals surface area (Å²) in [4.78, 5) is 25.8. The minimum Gasteiger partial charge on any atom is -0.507 e. The van der Waals surface area contributed by atoms with E-state index in [1.807, 2.05) is 0 Å². The van der Waals surface area contributed by atoms with Crippen molar-refractivity contribution in [1.82, 2.24) is 0 Å². The van der Waals surface area contributed by atoms with Crippen LogP contribution in [-0.4, -0.2) is 22.1 Å². The number of carbonyl (C=O) groups excluding carboxylic acids is 1. The van der Waals surface area contributed by atoms with Gasteiger partial charge in [0.1, 0.15) is 11.3 Å². The van der Waals surface area contributed by atoms with Crippen LogP contribution >= 0.6 is 0 Å². The third-order valence-electron chi connectivity index (χ3n) is 3.10. The van der Waals surface area contributed by atoms with Gasteiger partial charge < -0.3 is 15.5 Å². The zero-order chi connectivity index (χ0) is 17.0. The van der Waals surface area contributed by atoms with Gasteiger partial charge >= 0.3 is 5.97 Å². The molecule has 8 heteroatoms. The second-order valence-corrected chi connectivity index (χ2v) is 4.68. The van der Waals surface area contributed by atoms with Gasteiger partial charge in [0, 0.05) is 21.8 Å². The highest BCUT2D eigenvalue weighted by atomic mass is 16.4. The highest BCUT2D eigenvalue weighted by Gasteiger charge is 2.13. The molecule has 0 atom stereocenters. The van der Waals surface area contributed by atoms with Crippen LogP contribution in [0.4, 0.5) is 11.4 Å². The predicted molar refractivity (Wildman–Crippen MR) is 83.0 cm³/mol. The fraction of sp³-hybridized carbons (Fsp3) is 0.0667. The molecule has 0 fully saturated rings. The summed E-state index contributed by atoms with van der Waals surface area (Å²) in [5, 5.41) is 24.4. The number of rotatable bonds is 4. The maximum absolute atomic E-state index is 12.2. The van der Waals surface area contributed by atoms with Crippen molar-refractivity contribution in [2.75, 3.05) is 5.32 Å². The number of carboxylic acids is 1. The van der Waals surface area contributed by atoms with E-state index in [2.05, 4.69) is 15.3 Å². The summed E-state index contributed by atoms with van der Waals surface area (Å²) in [6.07, 6.45) is 0. The summed E-state index contributed by atoms with van der Waals surface area (Å²) in [5.41, 5.74) is 9.73. The average Bonchev–Trinajstić information content (AvgIpc) is 2.51. The maximum atomic E-state index is 12.2. The van der Waals surface area contributed by atoms with Crippen LogP contribution in [0.2, 0.25) is 0 Å². The molecule has 0 aromatic heterocycles. The number of aryl methyl sites for hydroxylation is 1. The molecule has 3 N–H and O–H groups in total. The minimum atomic E-state index is -1.30. The van der Waals surface area contributed by atoms with E-state index in [0.29, 0.717) is 16.8 Å². The molecule has 0 unspecified atom stereocenters. The molecule has 23 heavy (non-hydrogen) atoms. The largest absolute Gasteiger partial charge is 0.507 e. The topological polar surface area (TPSA) is 135 Å². The molecule has 1 amide bonds. The lowest BCUT2D eigenvalue weighted by Gasteiger charge is -2.08. The van der Waals surface area contributed by atoms with E-state index in [1.165, 1.54) is 24.3 Å². The van der Waals surface area contributed by atoms with Crippen LogP contribution in [0.1, 0.15) is 26.3 Å². The molecule has 2 aromatic rings. The van der Waals surface area contributed by atoms with Crippen molar-refractivity contribution >= 4 is 23.3 Å². The summed E-state index contributed by atoms with van der Waals surface area (Å²) in [6, 6.07) is 8.30. The molecule has 0 aliphatic heterocycles. The van der Waals surface area contributed by atoms with Gasteiger partial charge in [-0.3, -0.25) is 4.79 Å². The first-order valence-electron chi connectivity index (χ1n) is 6.46. The van der Waals surface area contributed by atoms with Crippen molar-refractivity contribution in [1.29, 1.82) is 0 Å². The number of benzene rings is 2. The van der Waals surface area contributed by atoms with Crippen LogP contribution in [0.25, 0.3) is 10.4 Å². The number of carboxylic acid groups (broad SMARTS) is 1. The van der Waals surface area contributed by atoms with Crippen LogP contribution in [0.3, 0.4) is 0 Å². The Hall–Kier alpha value is -3.51. The Labute approximate surface area is 130 Å². The quantitative estimate of drug-likeness (QED) is 0.344. The van der Waals surface area contributed by atoms with Crippen molar-refractivity contribution in [2.24, 2.45) is 5.11 Å². The van der Waals surface area contributed by atoms with Gasteiger partial charge in [-0.05, 0) is 48.4 Å². The van der Waals surface area contributed by atoms with Gasteiger partial charge in [-0.25, -0.2) is 4.79 Å². The Morgan fingerprint density at radius 2 is 1.96 bits per heavy atom. The number of hydrogen-bond acceptors (Lipinski definition) is 4. The standard InChI is InChI=1S/C15H12N4O4/c1-8-6-9(2-4-12(8)18-19-16)14(21)17-10-3-5-13(20)11(7-10)15(22)23/h2-7,20H,1H3,(H,17,21)(H,22,23). The second kappa shape index (κ2) is 6.50. The molecule has 0 saturated carbocycles. The van der Waals surface area contributed by atoms with E-state index in [9.17, 15) is 14.7 Å². The number of carbonyl (C=O) groups is 2. The lowest BCUT2D eigenvalue weighted by Crippen LogP contribution is -2.12. The second-order valence-electron chi connectivity index (χ2n) is 4.68. The Morgan fingerprint density at radius 3 is 2.57 bits per heavy atom. The van der Waals surface area contributed by atoms with E-state index in [1.54, 1.807) is 13.0 Å². The molecule has 0 aliphatic rings. The number of aromatic hydroxyl groups is 1. The van der Waals surface area contributed by atoms with E-state index >= 15 is 0 Å². The van der Waals surface area contributed by atoms with Crippen molar-refractivity contribution in [2.45, 2.75) is 6.92 Å². The highest BCUT2D eigenvalue weighted by molar-refractivity contribution is 6.05. The summed E-state index contributed by atoms with van der Waals surface area (Å²) in [6.45, 7) is 1.70. The zero-order valence-electron chi connectivity index (χ0n) is 12.0. The molecular weight excluding hydrogens is 300 g/mol. The third-order valence-corrected chi connectivity index (χ3v) is 3.10. The van der Waals surface area contributed by atoms with E-state index in [4.69, 9.17) is 10.6 Å². The van der Waals surface area contributed by atoms with Crippen molar-refractivity contribution in [3.63, 3.8) is 0 Å². The number of amides is 1.